The second-order valence-electron chi connectivity index (χ2n) is 11.5. The van der Waals surface area contributed by atoms with Crippen molar-refractivity contribution in [2.45, 2.75) is 82.0 Å². The van der Waals surface area contributed by atoms with Gasteiger partial charge < -0.3 is 25.2 Å². The molecule has 1 saturated heterocycles. The zero-order valence-corrected chi connectivity index (χ0v) is 22.5. The summed E-state index contributed by atoms with van der Waals surface area (Å²) in [5.74, 6) is 1.02. The number of nitrogens with one attached hydrogen (secondary N) is 3. The van der Waals surface area contributed by atoms with Crippen molar-refractivity contribution in [2.75, 3.05) is 13.2 Å². The van der Waals surface area contributed by atoms with E-state index in [0.717, 1.165) is 43.2 Å². The minimum Gasteiger partial charge on any atom is -0.493 e. The van der Waals surface area contributed by atoms with Crippen molar-refractivity contribution in [1.82, 2.24) is 15.5 Å². The SMILES string of the molecule is CC[C@]12CCCCc3ccc4c(c3)[C@@H](NC(=O)c3ccc5c(c3)[C@@H](CCO5)N(C(=N)N1)C(=O)C2)[C@@](C)(CO)O4. The third-order valence-electron chi connectivity index (χ3n) is 8.95. The fourth-order valence-corrected chi connectivity index (χ4v) is 6.58. The normalized spacial score (nSPS) is 30.0. The molecule has 1 fully saturated rings. The van der Waals surface area contributed by atoms with Crippen LogP contribution in [0, 0.1) is 5.41 Å². The van der Waals surface area contributed by atoms with E-state index in [1.165, 1.54) is 0 Å². The van der Waals surface area contributed by atoms with Gasteiger partial charge in [0.15, 0.2) is 11.6 Å². The van der Waals surface area contributed by atoms with Crippen LogP contribution in [-0.2, 0) is 11.2 Å². The summed E-state index contributed by atoms with van der Waals surface area (Å²) in [6.45, 7) is 4.04. The number of aliphatic hydroxyl groups excluding tert-OH is 1. The van der Waals surface area contributed by atoms with Crippen LogP contribution in [0.5, 0.6) is 11.5 Å². The topological polar surface area (TPSA) is 124 Å². The summed E-state index contributed by atoms with van der Waals surface area (Å²) < 4.78 is 12.0. The zero-order valence-electron chi connectivity index (χ0n) is 22.5. The van der Waals surface area contributed by atoms with Gasteiger partial charge in [-0.3, -0.25) is 19.9 Å². The minimum atomic E-state index is -0.997. The molecular weight excluding hydrogens is 496 g/mol. The van der Waals surface area contributed by atoms with E-state index in [4.69, 9.17) is 14.9 Å². The number of ether oxygens (including phenoxy) is 2. The van der Waals surface area contributed by atoms with Crippen molar-refractivity contribution in [3.63, 3.8) is 0 Å². The van der Waals surface area contributed by atoms with E-state index in [9.17, 15) is 14.7 Å². The van der Waals surface area contributed by atoms with Gasteiger partial charge in [0.2, 0.25) is 5.91 Å². The van der Waals surface area contributed by atoms with Gasteiger partial charge >= 0.3 is 0 Å². The van der Waals surface area contributed by atoms with Crippen LogP contribution in [-0.4, -0.2) is 52.1 Å². The first-order valence-corrected chi connectivity index (χ1v) is 13.9. The average Bonchev–Trinajstić information content (AvgIpc) is 3.21. The van der Waals surface area contributed by atoms with E-state index >= 15 is 0 Å². The summed E-state index contributed by atoms with van der Waals surface area (Å²) in [6.07, 6.45) is 5.09. The highest BCUT2D eigenvalue weighted by Gasteiger charge is 2.47. The lowest BCUT2D eigenvalue weighted by atomic mass is 9.83. The second-order valence-corrected chi connectivity index (χ2v) is 11.5. The molecule has 4 atom stereocenters. The summed E-state index contributed by atoms with van der Waals surface area (Å²) in [5, 5.41) is 25.6. The molecule has 2 aromatic rings. The average molecular weight is 533 g/mol. The molecule has 206 valence electrons. The van der Waals surface area contributed by atoms with E-state index in [-0.39, 0.29) is 24.4 Å². The van der Waals surface area contributed by atoms with E-state index in [1.807, 2.05) is 12.1 Å². The molecule has 0 saturated carbocycles. The molecule has 2 aromatic carbocycles. The lowest BCUT2D eigenvalue weighted by molar-refractivity contribution is -0.133. The van der Waals surface area contributed by atoms with Crippen LogP contribution in [0.2, 0.25) is 0 Å². The number of aryl methyl sites for hydroxylation is 1. The van der Waals surface area contributed by atoms with Crippen molar-refractivity contribution in [3.05, 3.63) is 58.7 Å². The number of rotatable bonds is 2. The summed E-state index contributed by atoms with van der Waals surface area (Å²) in [6, 6.07) is 10.3. The first-order valence-electron chi connectivity index (χ1n) is 13.9. The smallest absolute Gasteiger partial charge is 0.251 e. The molecule has 0 unspecified atom stereocenters. The van der Waals surface area contributed by atoms with Crippen LogP contribution in [0.4, 0.5) is 0 Å². The molecule has 7 rings (SSSR count). The maximum atomic E-state index is 13.6. The molecule has 9 heteroatoms. The third-order valence-corrected chi connectivity index (χ3v) is 8.95. The Labute approximate surface area is 228 Å². The molecule has 0 aromatic heterocycles. The van der Waals surface area contributed by atoms with Crippen molar-refractivity contribution < 1.29 is 24.2 Å². The molecule has 39 heavy (non-hydrogen) atoms. The standard InChI is InChI=1S/C30H36N4O5/c1-3-30-12-5-4-6-18-7-9-24-21(14-18)26(29(2,17-35)39-24)32-27(37)19-8-10-23-20(15-19)22(11-13-38-23)34(25(36)16-30)28(31)33-30/h7-10,14-15,22,26,35H,3-6,11-13,16-17H2,1-2H3,(H2,31,33)(H,32,37)/t22-,26-,29-,30-/m1/s1. The molecule has 6 bridgehead atoms. The molecule has 9 nitrogen and oxygen atoms in total. The molecule has 5 heterocycles. The van der Waals surface area contributed by atoms with E-state index < -0.39 is 23.2 Å². The van der Waals surface area contributed by atoms with Gasteiger partial charge in [-0.2, -0.15) is 0 Å². The Balaban J connectivity index is 1.43. The first kappa shape index (κ1) is 25.7. The third kappa shape index (κ3) is 4.33. The zero-order chi connectivity index (χ0) is 27.4. The quantitative estimate of drug-likeness (QED) is 0.467. The fraction of sp³-hybridized carbons (Fsp3) is 0.500. The Morgan fingerprint density at radius 1 is 1.13 bits per heavy atom. The fourth-order valence-electron chi connectivity index (χ4n) is 6.58. The minimum absolute atomic E-state index is 0.0727. The van der Waals surface area contributed by atoms with Crippen molar-refractivity contribution >= 4 is 17.8 Å². The number of fused-ring (bicyclic) bond motifs is 6. The first-order chi connectivity index (χ1) is 18.8. The highest BCUT2D eigenvalue weighted by atomic mass is 16.5. The number of aliphatic hydroxyl groups is 1. The molecule has 0 radical (unpaired) electrons. The van der Waals surface area contributed by atoms with Gasteiger partial charge in [0.1, 0.15) is 11.5 Å². The molecule has 5 aliphatic rings. The Kier molecular flexibility index (Phi) is 6.29. The number of guanidine groups is 1. The van der Waals surface area contributed by atoms with Crippen molar-refractivity contribution in [1.29, 1.82) is 5.41 Å². The maximum Gasteiger partial charge on any atom is 0.251 e. The molecule has 4 N–H and O–H groups in total. The second kappa shape index (κ2) is 9.55. The van der Waals surface area contributed by atoms with E-state index in [1.54, 1.807) is 30.0 Å². The number of nitrogens with zero attached hydrogens (tertiary/aromatic N) is 1. The van der Waals surface area contributed by atoms with E-state index in [2.05, 4.69) is 23.6 Å². The monoisotopic (exact) mass is 532 g/mol. The van der Waals surface area contributed by atoms with Crippen LogP contribution in [0.3, 0.4) is 0 Å². The van der Waals surface area contributed by atoms with Gasteiger partial charge in [0.05, 0.1) is 31.7 Å². The lowest BCUT2D eigenvalue weighted by Crippen LogP contribution is -2.63. The van der Waals surface area contributed by atoms with Crippen LogP contribution < -0.4 is 20.1 Å². The molecule has 5 aliphatic heterocycles. The van der Waals surface area contributed by atoms with Gasteiger partial charge in [-0.05, 0) is 68.5 Å². The number of amides is 2. The lowest BCUT2D eigenvalue weighted by Gasteiger charge is -2.46. The Morgan fingerprint density at radius 3 is 2.72 bits per heavy atom. The predicted molar refractivity (Wildman–Crippen MR) is 145 cm³/mol. The van der Waals surface area contributed by atoms with Crippen LogP contribution >= 0.6 is 0 Å². The Morgan fingerprint density at radius 2 is 1.95 bits per heavy atom. The Hall–Kier alpha value is -3.59. The summed E-state index contributed by atoms with van der Waals surface area (Å²) in [5.41, 5.74) is 1.70. The van der Waals surface area contributed by atoms with Gasteiger partial charge in [-0.25, -0.2) is 0 Å². The largest absolute Gasteiger partial charge is 0.493 e. The van der Waals surface area contributed by atoms with Crippen LogP contribution in [0.25, 0.3) is 0 Å². The van der Waals surface area contributed by atoms with Gasteiger partial charge in [0, 0.05) is 28.7 Å². The number of hydrogen-bond donors (Lipinski definition) is 4. The van der Waals surface area contributed by atoms with Crippen molar-refractivity contribution in [3.8, 4) is 11.5 Å². The summed E-state index contributed by atoms with van der Waals surface area (Å²) >= 11 is 0. The molecule has 0 spiro atoms. The maximum absolute atomic E-state index is 13.6. The molecule has 0 aliphatic carbocycles. The number of carbonyl (C=O) groups is 2. The van der Waals surface area contributed by atoms with Gasteiger partial charge in [-0.15, -0.1) is 0 Å². The highest BCUT2D eigenvalue weighted by Crippen LogP contribution is 2.44. The van der Waals surface area contributed by atoms with Crippen LogP contribution in [0.15, 0.2) is 36.4 Å². The number of hydrogen-bond acceptors (Lipinski definition) is 6. The van der Waals surface area contributed by atoms with E-state index in [0.29, 0.717) is 42.1 Å². The predicted octanol–water partition coefficient (Wildman–Crippen LogP) is 3.76. The van der Waals surface area contributed by atoms with Gasteiger partial charge in [0.25, 0.3) is 5.91 Å². The highest BCUT2D eigenvalue weighted by molar-refractivity contribution is 6.00. The molecule has 2 amide bonds. The summed E-state index contributed by atoms with van der Waals surface area (Å²) in [4.78, 5) is 28.8. The summed E-state index contributed by atoms with van der Waals surface area (Å²) in [7, 11) is 0. The molecular formula is C30H36N4O5. The number of carbonyl (C=O) groups excluding carboxylic acids is 2. The number of benzene rings is 2. The van der Waals surface area contributed by atoms with Crippen molar-refractivity contribution in [2.24, 2.45) is 0 Å². The van der Waals surface area contributed by atoms with Crippen LogP contribution in [0.1, 0.15) is 91.5 Å². The Bertz CT molecular complexity index is 1320. The van der Waals surface area contributed by atoms with Gasteiger partial charge in [-0.1, -0.05) is 19.4 Å².